The van der Waals surface area contributed by atoms with E-state index in [4.69, 9.17) is 4.74 Å². The molecule has 0 rings (SSSR count). The van der Waals surface area contributed by atoms with Crippen LogP contribution in [-0.2, 0) is 4.74 Å². The summed E-state index contributed by atoms with van der Waals surface area (Å²) in [4.78, 5) is 2.49. The van der Waals surface area contributed by atoms with E-state index in [-0.39, 0.29) is 0 Å². The Bertz CT molecular complexity index is 169. The van der Waals surface area contributed by atoms with Crippen molar-refractivity contribution in [1.29, 1.82) is 0 Å². The van der Waals surface area contributed by atoms with Gasteiger partial charge in [0.25, 0.3) is 0 Å². The van der Waals surface area contributed by atoms with Crippen LogP contribution in [-0.4, -0.2) is 50.8 Å². The molecule has 0 saturated heterocycles. The standard InChI is InChI=1S/C13H30N2O/c1-7-14-10-13(4,5)11-15(12(2)3)8-9-16-6/h12,14H,7-11H2,1-6H3. The van der Waals surface area contributed by atoms with E-state index in [9.17, 15) is 0 Å². The van der Waals surface area contributed by atoms with E-state index in [1.807, 2.05) is 0 Å². The predicted octanol–water partition coefficient (Wildman–Crippen LogP) is 1.98. The maximum absolute atomic E-state index is 5.16. The van der Waals surface area contributed by atoms with Crippen molar-refractivity contribution in [3.8, 4) is 0 Å². The van der Waals surface area contributed by atoms with Gasteiger partial charge in [0, 0.05) is 32.8 Å². The Hall–Kier alpha value is -0.120. The summed E-state index contributed by atoms with van der Waals surface area (Å²) in [6.45, 7) is 16.3. The van der Waals surface area contributed by atoms with Crippen molar-refractivity contribution in [3.05, 3.63) is 0 Å². The molecule has 0 aromatic carbocycles. The average Bonchev–Trinajstić information content (AvgIpc) is 2.21. The van der Waals surface area contributed by atoms with E-state index in [1.54, 1.807) is 7.11 Å². The highest BCUT2D eigenvalue weighted by Gasteiger charge is 2.22. The van der Waals surface area contributed by atoms with Gasteiger partial charge in [-0.3, -0.25) is 4.90 Å². The third kappa shape index (κ3) is 7.20. The fraction of sp³-hybridized carbons (Fsp3) is 1.00. The minimum Gasteiger partial charge on any atom is -0.383 e. The van der Waals surface area contributed by atoms with Gasteiger partial charge >= 0.3 is 0 Å². The first-order chi connectivity index (χ1) is 7.43. The molecule has 0 atom stereocenters. The van der Waals surface area contributed by atoms with E-state index in [0.29, 0.717) is 11.5 Å². The zero-order valence-electron chi connectivity index (χ0n) is 12.0. The van der Waals surface area contributed by atoms with Crippen molar-refractivity contribution >= 4 is 0 Å². The molecule has 0 radical (unpaired) electrons. The molecule has 3 nitrogen and oxygen atoms in total. The van der Waals surface area contributed by atoms with E-state index in [2.05, 4.69) is 44.8 Å². The third-order valence-electron chi connectivity index (χ3n) is 2.80. The second kappa shape index (κ2) is 8.04. The summed E-state index contributed by atoms with van der Waals surface area (Å²) < 4.78 is 5.16. The molecule has 0 spiro atoms. The number of rotatable bonds is 9. The summed E-state index contributed by atoms with van der Waals surface area (Å²) in [5.74, 6) is 0. The van der Waals surface area contributed by atoms with Gasteiger partial charge in [0.15, 0.2) is 0 Å². The van der Waals surface area contributed by atoms with Crippen LogP contribution in [0.3, 0.4) is 0 Å². The molecule has 0 unspecified atom stereocenters. The van der Waals surface area contributed by atoms with E-state index in [1.165, 1.54) is 0 Å². The lowest BCUT2D eigenvalue weighted by Crippen LogP contribution is -2.44. The number of nitrogens with one attached hydrogen (secondary N) is 1. The molecule has 0 bridgehead atoms. The summed E-state index contributed by atoms with van der Waals surface area (Å²) in [6, 6.07) is 0.580. The number of ether oxygens (including phenoxy) is 1. The summed E-state index contributed by atoms with van der Waals surface area (Å²) in [6.07, 6.45) is 0. The van der Waals surface area contributed by atoms with Crippen molar-refractivity contribution in [1.82, 2.24) is 10.2 Å². The SMILES string of the molecule is CCNCC(C)(C)CN(CCOC)C(C)C. The minimum absolute atomic E-state index is 0.314. The van der Waals surface area contributed by atoms with Gasteiger partial charge in [0.2, 0.25) is 0 Å². The van der Waals surface area contributed by atoms with Crippen molar-refractivity contribution in [2.45, 2.75) is 40.7 Å². The highest BCUT2D eigenvalue weighted by molar-refractivity contribution is 4.77. The Morgan fingerprint density at radius 3 is 2.38 bits per heavy atom. The Morgan fingerprint density at radius 1 is 1.31 bits per heavy atom. The minimum atomic E-state index is 0.314. The van der Waals surface area contributed by atoms with Crippen LogP contribution in [0.5, 0.6) is 0 Å². The molecule has 0 amide bonds. The van der Waals surface area contributed by atoms with Gasteiger partial charge < -0.3 is 10.1 Å². The molecule has 16 heavy (non-hydrogen) atoms. The van der Waals surface area contributed by atoms with Gasteiger partial charge in [-0.25, -0.2) is 0 Å². The summed E-state index contributed by atoms with van der Waals surface area (Å²) in [7, 11) is 1.77. The molecule has 3 heteroatoms. The Balaban J connectivity index is 4.14. The monoisotopic (exact) mass is 230 g/mol. The Morgan fingerprint density at radius 2 is 1.94 bits per heavy atom. The molecule has 0 aliphatic carbocycles. The van der Waals surface area contributed by atoms with E-state index >= 15 is 0 Å². The van der Waals surface area contributed by atoms with Crippen LogP contribution in [0.2, 0.25) is 0 Å². The fourth-order valence-electron chi connectivity index (χ4n) is 1.80. The van der Waals surface area contributed by atoms with Crippen LogP contribution in [0.1, 0.15) is 34.6 Å². The van der Waals surface area contributed by atoms with Crippen LogP contribution in [0.4, 0.5) is 0 Å². The fourth-order valence-corrected chi connectivity index (χ4v) is 1.80. The first-order valence-corrected chi connectivity index (χ1v) is 6.36. The van der Waals surface area contributed by atoms with Crippen molar-refractivity contribution < 1.29 is 4.74 Å². The average molecular weight is 230 g/mol. The van der Waals surface area contributed by atoms with E-state index in [0.717, 1.165) is 32.8 Å². The second-order valence-electron chi connectivity index (χ2n) is 5.50. The highest BCUT2D eigenvalue weighted by atomic mass is 16.5. The highest BCUT2D eigenvalue weighted by Crippen LogP contribution is 2.17. The van der Waals surface area contributed by atoms with E-state index < -0.39 is 0 Å². The largest absolute Gasteiger partial charge is 0.383 e. The van der Waals surface area contributed by atoms with Gasteiger partial charge in [0.1, 0.15) is 0 Å². The maximum Gasteiger partial charge on any atom is 0.0589 e. The second-order valence-corrected chi connectivity index (χ2v) is 5.50. The van der Waals surface area contributed by atoms with Gasteiger partial charge in [-0.15, -0.1) is 0 Å². The van der Waals surface area contributed by atoms with Gasteiger partial charge in [-0.2, -0.15) is 0 Å². The quantitative estimate of drug-likeness (QED) is 0.655. The molecular formula is C13H30N2O. The van der Waals surface area contributed by atoms with Crippen molar-refractivity contribution in [2.24, 2.45) is 5.41 Å². The lowest BCUT2D eigenvalue weighted by Gasteiger charge is -2.35. The van der Waals surface area contributed by atoms with Crippen LogP contribution < -0.4 is 5.32 Å². The lowest BCUT2D eigenvalue weighted by atomic mass is 9.92. The maximum atomic E-state index is 5.16. The van der Waals surface area contributed by atoms with Gasteiger partial charge in [-0.05, 0) is 25.8 Å². The topological polar surface area (TPSA) is 24.5 Å². The molecule has 0 aromatic rings. The molecule has 98 valence electrons. The molecular weight excluding hydrogens is 200 g/mol. The van der Waals surface area contributed by atoms with Crippen molar-refractivity contribution in [2.75, 3.05) is 39.9 Å². The molecule has 0 aliphatic rings. The molecule has 0 saturated carbocycles. The normalized spacial score (nSPS) is 12.8. The van der Waals surface area contributed by atoms with Crippen molar-refractivity contribution in [3.63, 3.8) is 0 Å². The molecule has 0 heterocycles. The van der Waals surface area contributed by atoms with Gasteiger partial charge in [-0.1, -0.05) is 20.8 Å². The number of methoxy groups -OCH3 is 1. The number of nitrogens with zero attached hydrogens (tertiary/aromatic N) is 1. The van der Waals surface area contributed by atoms with Crippen LogP contribution in [0.15, 0.2) is 0 Å². The van der Waals surface area contributed by atoms with Crippen LogP contribution in [0, 0.1) is 5.41 Å². The first-order valence-electron chi connectivity index (χ1n) is 6.36. The summed E-state index contributed by atoms with van der Waals surface area (Å²) in [5.41, 5.74) is 0.314. The molecule has 0 fully saturated rings. The third-order valence-corrected chi connectivity index (χ3v) is 2.80. The lowest BCUT2D eigenvalue weighted by molar-refractivity contribution is 0.0961. The zero-order valence-corrected chi connectivity index (χ0v) is 12.0. The molecule has 1 N–H and O–H groups in total. The Kier molecular flexibility index (Phi) is 7.98. The zero-order chi connectivity index (χ0) is 12.6. The summed E-state index contributed by atoms with van der Waals surface area (Å²) >= 11 is 0. The van der Waals surface area contributed by atoms with Crippen LogP contribution >= 0.6 is 0 Å². The molecule has 0 aromatic heterocycles. The Labute approximate surface area is 102 Å². The first kappa shape index (κ1) is 15.9. The summed E-state index contributed by atoms with van der Waals surface area (Å²) in [5, 5.41) is 3.43. The smallest absolute Gasteiger partial charge is 0.0589 e. The van der Waals surface area contributed by atoms with Gasteiger partial charge in [0.05, 0.1) is 6.61 Å². The van der Waals surface area contributed by atoms with Crippen LogP contribution in [0.25, 0.3) is 0 Å². The number of hydrogen-bond acceptors (Lipinski definition) is 3. The number of hydrogen-bond donors (Lipinski definition) is 1. The predicted molar refractivity (Wildman–Crippen MR) is 70.9 cm³/mol. The molecule has 0 aliphatic heterocycles.